The van der Waals surface area contributed by atoms with Crippen molar-refractivity contribution in [2.24, 2.45) is 11.8 Å². The third-order valence-corrected chi connectivity index (χ3v) is 4.68. The van der Waals surface area contributed by atoms with E-state index < -0.39 is 0 Å². The molecule has 4 rings (SSSR count). The third kappa shape index (κ3) is 2.29. The molecule has 1 saturated heterocycles. The van der Waals surface area contributed by atoms with Gasteiger partial charge >= 0.3 is 0 Å². The summed E-state index contributed by atoms with van der Waals surface area (Å²) < 4.78 is 2.00. The fourth-order valence-electron chi connectivity index (χ4n) is 3.64. The van der Waals surface area contributed by atoms with Gasteiger partial charge < -0.3 is 14.8 Å². The summed E-state index contributed by atoms with van der Waals surface area (Å²) in [6.07, 6.45) is 0.917. The maximum atomic E-state index is 12.5. The number of nitrogens with zero attached hydrogens (tertiary/aromatic N) is 4. The van der Waals surface area contributed by atoms with E-state index in [9.17, 15) is 4.79 Å². The highest BCUT2D eigenvalue weighted by molar-refractivity contribution is 6.01. The van der Waals surface area contributed by atoms with E-state index in [-0.39, 0.29) is 5.91 Å². The van der Waals surface area contributed by atoms with Gasteiger partial charge in [-0.2, -0.15) is 0 Å². The third-order valence-electron chi connectivity index (χ3n) is 4.68. The number of rotatable bonds is 2. The summed E-state index contributed by atoms with van der Waals surface area (Å²) >= 11 is 0. The van der Waals surface area contributed by atoms with Crippen LogP contribution in [0.25, 0.3) is 0 Å². The number of nitrogens with one attached hydrogen (secondary N) is 1. The molecule has 2 atom stereocenters. The molecule has 1 N–H and O–H groups in total. The van der Waals surface area contributed by atoms with Crippen LogP contribution in [-0.4, -0.2) is 45.7 Å². The van der Waals surface area contributed by atoms with Crippen LogP contribution in [0.5, 0.6) is 0 Å². The van der Waals surface area contributed by atoms with E-state index in [1.807, 2.05) is 34.9 Å². The Kier molecular flexibility index (Phi) is 3.18. The van der Waals surface area contributed by atoms with Crippen molar-refractivity contribution in [2.75, 3.05) is 25.5 Å². The van der Waals surface area contributed by atoms with Gasteiger partial charge in [0.25, 0.3) is 5.91 Å². The first-order valence-corrected chi connectivity index (χ1v) is 7.68. The lowest BCUT2D eigenvalue weighted by molar-refractivity contribution is 0.100. The average Bonchev–Trinajstić information content (AvgIpc) is 3.07. The SMILES string of the molecule is CN1C[C@@H]2Cc3nnc(C(=O)Nc4ccccc4)n3C[C@@H]2C1. The van der Waals surface area contributed by atoms with Crippen LogP contribution in [-0.2, 0) is 13.0 Å². The Hall–Kier alpha value is -2.21. The van der Waals surface area contributed by atoms with Crippen LogP contribution in [0.4, 0.5) is 5.69 Å². The Labute approximate surface area is 129 Å². The molecule has 0 aliphatic carbocycles. The van der Waals surface area contributed by atoms with Gasteiger partial charge in [0.05, 0.1) is 0 Å². The van der Waals surface area contributed by atoms with Crippen molar-refractivity contribution in [1.82, 2.24) is 19.7 Å². The molecule has 0 radical (unpaired) electrons. The molecular weight excluding hydrogens is 278 g/mol. The predicted molar refractivity (Wildman–Crippen MR) is 82.6 cm³/mol. The number of benzene rings is 1. The molecule has 22 heavy (non-hydrogen) atoms. The monoisotopic (exact) mass is 297 g/mol. The number of fused-ring (bicyclic) bond motifs is 2. The van der Waals surface area contributed by atoms with Crippen molar-refractivity contribution < 1.29 is 4.79 Å². The summed E-state index contributed by atoms with van der Waals surface area (Å²) in [6, 6.07) is 9.45. The lowest BCUT2D eigenvalue weighted by Gasteiger charge is -2.25. The minimum absolute atomic E-state index is 0.185. The van der Waals surface area contributed by atoms with Gasteiger partial charge in [-0.3, -0.25) is 4.79 Å². The predicted octanol–water partition coefficient (Wildman–Crippen LogP) is 1.26. The molecule has 2 aliphatic heterocycles. The van der Waals surface area contributed by atoms with Crippen LogP contribution in [0.3, 0.4) is 0 Å². The van der Waals surface area contributed by atoms with Gasteiger partial charge in [-0.15, -0.1) is 10.2 Å². The molecule has 2 aliphatic rings. The first-order chi connectivity index (χ1) is 10.7. The number of likely N-dealkylation sites (tertiary alicyclic amines) is 1. The van der Waals surface area contributed by atoms with E-state index >= 15 is 0 Å². The van der Waals surface area contributed by atoms with Crippen LogP contribution in [0, 0.1) is 11.8 Å². The van der Waals surface area contributed by atoms with Crippen molar-refractivity contribution in [2.45, 2.75) is 13.0 Å². The number of carbonyl (C=O) groups excluding carboxylic acids is 1. The van der Waals surface area contributed by atoms with E-state index in [1.165, 1.54) is 0 Å². The van der Waals surface area contributed by atoms with E-state index in [0.29, 0.717) is 17.7 Å². The molecule has 114 valence electrons. The summed E-state index contributed by atoms with van der Waals surface area (Å²) in [5, 5.41) is 11.3. The van der Waals surface area contributed by atoms with Crippen LogP contribution >= 0.6 is 0 Å². The van der Waals surface area contributed by atoms with Crippen LogP contribution < -0.4 is 5.32 Å². The molecule has 0 spiro atoms. The van der Waals surface area contributed by atoms with Gasteiger partial charge in [-0.25, -0.2) is 0 Å². The molecule has 6 heteroatoms. The van der Waals surface area contributed by atoms with Gasteiger partial charge in [0.15, 0.2) is 0 Å². The Morgan fingerprint density at radius 3 is 2.73 bits per heavy atom. The van der Waals surface area contributed by atoms with Gasteiger partial charge in [0.1, 0.15) is 5.82 Å². The second-order valence-electron chi connectivity index (χ2n) is 6.32. The van der Waals surface area contributed by atoms with Gasteiger partial charge in [0.2, 0.25) is 5.82 Å². The minimum Gasteiger partial charge on any atom is -0.319 e. The summed E-state index contributed by atoms with van der Waals surface area (Å²) in [5.74, 6) is 2.42. The van der Waals surface area contributed by atoms with Crippen molar-refractivity contribution in [3.05, 3.63) is 42.0 Å². The molecule has 1 fully saturated rings. The van der Waals surface area contributed by atoms with E-state index in [0.717, 1.165) is 37.6 Å². The molecule has 0 unspecified atom stereocenters. The number of carbonyl (C=O) groups is 1. The van der Waals surface area contributed by atoms with E-state index in [1.54, 1.807) is 0 Å². The average molecular weight is 297 g/mol. The van der Waals surface area contributed by atoms with Crippen LogP contribution in [0.2, 0.25) is 0 Å². The van der Waals surface area contributed by atoms with Crippen molar-refractivity contribution in [3.63, 3.8) is 0 Å². The lowest BCUT2D eigenvalue weighted by atomic mass is 9.89. The first-order valence-electron chi connectivity index (χ1n) is 7.68. The normalized spacial score (nSPS) is 23.9. The smallest absolute Gasteiger partial charge is 0.293 e. The minimum atomic E-state index is -0.185. The fourth-order valence-corrected chi connectivity index (χ4v) is 3.64. The molecule has 1 aromatic carbocycles. The highest BCUT2D eigenvalue weighted by Crippen LogP contribution is 2.31. The molecule has 1 amide bonds. The maximum Gasteiger partial charge on any atom is 0.293 e. The molecule has 6 nitrogen and oxygen atoms in total. The summed E-state index contributed by atoms with van der Waals surface area (Å²) in [4.78, 5) is 14.8. The van der Waals surface area contributed by atoms with E-state index in [4.69, 9.17) is 0 Å². The maximum absolute atomic E-state index is 12.5. The summed E-state index contributed by atoms with van der Waals surface area (Å²) in [5.41, 5.74) is 0.777. The van der Waals surface area contributed by atoms with Gasteiger partial charge in [0, 0.05) is 31.7 Å². The van der Waals surface area contributed by atoms with Gasteiger partial charge in [-0.05, 0) is 31.0 Å². The summed E-state index contributed by atoms with van der Waals surface area (Å²) in [7, 11) is 2.16. The zero-order valence-corrected chi connectivity index (χ0v) is 12.6. The topological polar surface area (TPSA) is 63.1 Å². The highest BCUT2D eigenvalue weighted by atomic mass is 16.2. The largest absolute Gasteiger partial charge is 0.319 e. The van der Waals surface area contributed by atoms with Crippen molar-refractivity contribution >= 4 is 11.6 Å². The quantitative estimate of drug-likeness (QED) is 0.906. The number of anilines is 1. The molecule has 2 aromatic rings. The Bertz CT molecular complexity index is 696. The number of para-hydroxylation sites is 1. The fraction of sp³-hybridized carbons (Fsp3) is 0.438. The standard InChI is InChI=1S/C16H19N5O/c1-20-8-11-7-14-18-19-15(21(14)10-12(11)9-20)16(22)17-13-5-3-2-4-6-13/h2-6,11-12H,7-10H2,1H3,(H,17,22)/t11-,12-/m0/s1. The summed E-state index contributed by atoms with van der Waals surface area (Å²) in [6.45, 7) is 3.04. The lowest BCUT2D eigenvalue weighted by Crippen LogP contribution is -2.31. The second kappa shape index (κ2) is 5.21. The molecule has 0 saturated carbocycles. The van der Waals surface area contributed by atoms with Crippen LogP contribution in [0.15, 0.2) is 30.3 Å². The van der Waals surface area contributed by atoms with Crippen molar-refractivity contribution in [1.29, 1.82) is 0 Å². The van der Waals surface area contributed by atoms with Gasteiger partial charge in [-0.1, -0.05) is 18.2 Å². The second-order valence-corrected chi connectivity index (χ2v) is 6.32. The highest BCUT2D eigenvalue weighted by Gasteiger charge is 2.37. The molecule has 0 bridgehead atoms. The molecule has 3 heterocycles. The Morgan fingerprint density at radius 1 is 1.14 bits per heavy atom. The first kappa shape index (κ1) is 13.5. The molecule has 1 aromatic heterocycles. The zero-order chi connectivity index (χ0) is 15.1. The number of amides is 1. The number of hydrogen-bond acceptors (Lipinski definition) is 4. The Morgan fingerprint density at radius 2 is 1.91 bits per heavy atom. The van der Waals surface area contributed by atoms with Crippen LogP contribution in [0.1, 0.15) is 16.4 Å². The van der Waals surface area contributed by atoms with E-state index in [2.05, 4.69) is 27.5 Å². The molecular formula is C16H19N5O. The van der Waals surface area contributed by atoms with Crippen molar-refractivity contribution in [3.8, 4) is 0 Å². The zero-order valence-electron chi connectivity index (χ0n) is 12.6. The Balaban J connectivity index is 1.56. The number of aromatic nitrogens is 3. The number of hydrogen-bond donors (Lipinski definition) is 1.